The van der Waals surface area contributed by atoms with Crippen LogP contribution in [0.3, 0.4) is 0 Å². The number of nitrogens with zero attached hydrogens (tertiary/aromatic N) is 1. The van der Waals surface area contributed by atoms with Crippen LogP contribution in [0.4, 0.5) is 5.69 Å². The van der Waals surface area contributed by atoms with E-state index in [0.29, 0.717) is 5.69 Å². The summed E-state index contributed by atoms with van der Waals surface area (Å²) in [7, 11) is 1.68. The summed E-state index contributed by atoms with van der Waals surface area (Å²) in [4.78, 5) is 14.7. The molecule has 0 bridgehead atoms. The lowest BCUT2D eigenvalue weighted by molar-refractivity contribution is 0.414. The minimum atomic E-state index is -0.143. The summed E-state index contributed by atoms with van der Waals surface area (Å²) in [6.45, 7) is 0. The Bertz CT molecular complexity index is 1020. The highest BCUT2D eigenvalue weighted by atomic mass is 16.5. The second-order valence-corrected chi connectivity index (χ2v) is 6.14. The Kier molecular flexibility index (Phi) is 3.98. The second-order valence-electron chi connectivity index (χ2n) is 6.14. The van der Waals surface area contributed by atoms with E-state index >= 15 is 0 Å². The van der Waals surface area contributed by atoms with Crippen molar-refractivity contribution in [3.05, 3.63) is 70.0 Å². The quantitative estimate of drug-likeness (QED) is 0.718. The molecule has 0 spiro atoms. The molecule has 4 rings (SSSR count). The first kappa shape index (κ1) is 15.4. The van der Waals surface area contributed by atoms with E-state index in [0.717, 1.165) is 47.2 Å². The van der Waals surface area contributed by atoms with Gasteiger partial charge in [0.2, 0.25) is 0 Å². The molecule has 0 atom stereocenters. The smallest absolute Gasteiger partial charge is 0.250 e. The molecule has 0 aliphatic heterocycles. The molecule has 1 heterocycles. The van der Waals surface area contributed by atoms with E-state index in [-0.39, 0.29) is 5.56 Å². The number of nitrogens with one attached hydrogen (secondary N) is 2. The first-order valence-electron chi connectivity index (χ1n) is 8.36. The van der Waals surface area contributed by atoms with Crippen molar-refractivity contribution in [2.45, 2.75) is 19.3 Å². The molecule has 1 aliphatic carbocycles. The number of aryl methyl sites for hydroxylation is 1. The van der Waals surface area contributed by atoms with Gasteiger partial charge in [-0.2, -0.15) is 5.10 Å². The number of benzene rings is 2. The summed E-state index contributed by atoms with van der Waals surface area (Å²) in [6.07, 6.45) is 2.99. The molecule has 0 fully saturated rings. The number of pyridine rings is 1. The first-order valence-corrected chi connectivity index (χ1v) is 8.36. The normalized spacial score (nSPS) is 15.2. The zero-order valence-electron chi connectivity index (χ0n) is 14.0. The number of hydrazone groups is 1. The van der Waals surface area contributed by atoms with Gasteiger partial charge >= 0.3 is 0 Å². The van der Waals surface area contributed by atoms with Crippen LogP contribution in [0.2, 0.25) is 0 Å². The summed E-state index contributed by atoms with van der Waals surface area (Å²) in [5.41, 5.74) is 7.88. The van der Waals surface area contributed by atoms with Crippen LogP contribution >= 0.6 is 0 Å². The lowest BCUT2D eigenvalue weighted by atomic mass is 9.90. The molecule has 5 nitrogen and oxygen atoms in total. The Morgan fingerprint density at radius 3 is 2.88 bits per heavy atom. The predicted octanol–water partition coefficient (Wildman–Crippen LogP) is 3.69. The van der Waals surface area contributed by atoms with E-state index in [9.17, 15) is 4.79 Å². The van der Waals surface area contributed by atoms with Gasteiger partial charge in [0.15, 0.2) is 0 Å². The minimum Gasteiger partial charge on any atom is -0.497 e. The highest BCUT2D eigenvalue weighted by Gasteiger charge is 2.16. The summed E-state index contributed by atoms with van der Waals surface area (Å²) >= 11 is 0. The maximum atomic E-state index is 11.9. The van der Waals surface area contributed by atoms with Crippen LogP contribution in [0.1, 0.15) is 24.0 Å². The van der Waals surface area contributed by atoms with Gasteiger partial charge in [-0.3, -0.25) is 10.2 Å². The summed E-state index contributed by atoms with van der Waals surface area (Å²) < 4.78 is 5.31. The van der Waals surface area contributed by atoms with Crippen LogP contribution in [-0.4, -0.2) is 17.8 Å². The Balaban J connectivity index is 1.71. The van der Waals surface area contributed by atoms with Crippen molar-refractivity contribution < 1.29 is 4.74 Å². The maximum Gasteiger partial charge on any atom is 0.250 e. The van der Waals surface area contributed by atoms with Crippen LogP contribution in [0.25, 0.3) is 10.9 Å². The third-order valence-electron chi connectivity index (χ3n) is 4.54. The van der Waals surface area contributed by atoms with E-state index in [1.165, 1.54) is 5.56 Å². The zero-order chi connectivity index (χ0) is 17.2. The number of fused-ring (bicyclic) bond motifs is 2. The van der Waals surface area contributed by atoms with Gasteiger partial charge in [-0.05, 0) is 49.1 Å². The van der Waals surface area contributed by atoms with Crippen molar-refractivity contribution in [1.29, 1.82) is 0 Å². The lowest BCUT2D eigenvalue weighted by Crippen LogP contribution is -2.14. The van der Waals surface area contributed by atoms with Crippen molar-refractivity contribution in [2.75, 3.05) is 12.5 Å². The molecular weight excluding hydrogens is 314 g/mol. The Hall–Kier alpha value is -3.08. The molecule has 0 amide bonds. The van der Waals surface area contributed by atoms with Crippen LogP contribution in [-0.2, 0) is 6.42 Å². The Morgan fingerprint density at radius 2 is 2.00 bits per heavy atom. The van der Waals surface area contributed by atoms with Gasteiger partial charge in [-0.15, -0.1) is 0 Å². The molecule has 1 aromatic heterocycles. The largest absolute Gasteiger partial charge is 0.497 e. The maximum absolute atomic E-state index is 11.9. The number of aromatic nitrogens is 1. The van der Waals surface area contributed by atoms with Crippen molar-refractivity contribution in [3.63, 3.8) is 0 Å². The number of ether oxygens (including phenoxy) is 1. The average Bonchev–Trinajstić information content (AvgIpc) is 2.65. The number of methoxy groups -OCH3 is 1. The van der Waals surface area contributed by atoms with Gasteiger partial charge < -0.3 is 9.72 Å². The molecule has 126 valence electrons. The molecule has 2 N–H and O–H groups in total. The van der Waals surface area contributed by atoms with E-state index < -0.39 is 0 Å². The molecule has 5 heteroatoms. The van der Waals surface area contributed by atoms with Gasteiger partial charge in [0.25, 0.3) is 5.56 Å². The molecule has 2 aromatic carbocycles. The zero-order valence-corrected chi connectivity index (χ0v) is 14.0. The van der Waals surface area contributed by atoms with Gasteiger partial charge in [-0.25, -0.2) is 0 Å². The Labute approximate surface area is 145 Å². The molecule has 0 radical (unpaired) electrons. The minimum absolute atomic E-state index is 0.143. The number of para-hydroxylation sites is 1. The topological polar surface area (TPSA) is 66.5 Å². The number of hydrogen-bond acceptors (Lipinski definition) is 4. The average molecular weight is 333 g/mol. The molecule has 0 saturated heterocycles. The van der Waals surface area contributed by atoms with Gasteiger partial charge in [0, 0.05) is 17.0 Å². The van der Waals surface area contributed by atoms with Crippen molar-refractivity contribution in [3.8, 4) is 5.75 Å². The van der Waals surface area contributed by atoms with Gasteiger partial charge in [0.05, 0.1) is 24.0 Å². The van der Waals surface area contributed by atoms with Crippen molar-refractivity contribution >= 4 is 22.3 Å². The fourth-order valence-corrected chi connectivity index (χ4v) is 3.31. The summed E-state index contributed by atoms with van der Waals surface area (Å²) in [6, 6.07) is 15.3. The first-order chi connectivity index (χ1) is 12.2. The summed E-state index contributed by atoms with van der Waals surface area (Å²) in [5.74, 6) is 0.869. The SMILES string of the molecule is COc1ccc2c(c1)CCC/C2=N\Nc1cc(=O)[nH]c2ccccc12. The molecule has 0 saturated carbocycles. The highest BCUT2D eigenvalue weighted by Crippen LogP contribution is 2.26. The van der Waals surface area contributed by atoms with Crippen LogP contribution in [0.15, 0.2) is 58.4 Å². The van der Waals surface area contributed by atoms with Crippen LogP contribution < -0.4 is 15.7 Å². The molecule has 1 aliphatic rings. The third-order valence-corrected chi connectivity index (χ3v) is 4.54. The van der Waals surface area contributed by atoms with E-state index in [1.807, 2.05) is 30.3 Å². The van der Waals surface area contributed by atoms with Crippen LogP contribution in [0.5, 0.6) is 5.75 Å². The van der Waals surface area contributed by atoms with E-state index in [4.69, 9.17) is 4.74 Å². The predicted molar refractivity (Wildman–Crippen MR) is 101 cm³/mol. The fraction of sp³-hybridized carbons (Fsp3) is 0.200. The molecule has 25 heavy (non-hydrogen) atoms. The lowest BCUT2D eigenvalue weighted by Gasteiger charge is -2.19. The molecular formula is C20H19N3O2. The second kappa shape index (κ2) is 6.43. The monoisotopic (exact) mass is 333 g/mol. The Morgan fingerprint density at radius 1 is 1.12 bits per heavy atom. The highest BCUT2D eigenvalue weighted by molar-refractivity contribution is 6.03. The number of aromatic amines is 1. The fourth-order valence-electron chi connectivity index (χ4n) is 3.31. The summed E-state index contributed by atoms with van der Waals surface area (Å²) in [5, 5.41) is 5.56. The van der Waals surface area contributed by atoms with E-state index in [2.05, 4.69) is 27.6 Å². The number of hydrogen-bond donors (Lipinski definition) is 2. The number of H-pyrrole nitrogens is 1. The number of anilines is 1. The molecule has 0 unspecified atom stereocenters. The standard InChI is InChI=1S/C20H19N3O2/c1-25-14-9-10-15-13(11-14)5-4-8-18(15)22-23-19-12-20(24)21-17-7-3-2-6-16(17)19/h2-3,6-7,9-12H,4-5,8H2,1H3,(H2,21,23,24)/b22-18+. The third kappa shape index (κ3) is 3.01. The van der Waals surface area contributed by atoms with Crippen molar-refractivity contribution in [1.82, 2.24) is 4.98 Å². The van der Waals surface area contributed by atoms with E-state index in [1.54, 1.807) is 13.2 Å². The van der Waals surface area contributed by atoms with Gasteiger partial charge in [-0.1, -0.05) is 18.2 Å². The van der Waals surface area contributed by atoms with Gasteiger partial charge in [0.1, 0.15) is 5.75 Å². The number of rotatable bonds is 3. The molecule has 3 aromatic rings. The van der Waals surface area contributed by atoms with Crippen molar-refractivity contribution in [2.24, 2.45) is 5.10 Å². The van der Waals surface area contributed by atoms with Crippen LogP contribution in [0, 0.1) is 0 Å².